The summed E-state index contributed by atoms with van der Waals surface area (Å²) in [6, 6.07) is 8.24. The first-order valence-corrected chi connectivity index (χ1v) is 6.74. The lowest BCUT2D eigenvalue weighted by Crippen LogP contribution is -2.40. The zero-order valence-corrected chi connectivity index (χ0v) is 11.4. The minimum atomic E-state index is -0.0300. The van der Waals surface area contributed by atoms with Crippen molar-refractivity contribution in [3.8, 4) is 5.75 Å². The Kier molecular flexibility index (Phi) is 4.07. The van der Waals surface area contributed by atoms with Crippen LogP contribution in [0.25, 0.3) is 0 Å². The van der Waals surface area contributed by atoms with E-state index in [0.717, 1.165) is 25.2 Å². The number of hydrogen-bond donors (Lipinski definition) is 0. The lowest BCUT2D eigenvalue weighted by atomic mass is 9.82. The van der Waals surface area contributed by atoms with Crippen molar-refractivity contribution in [1.82, 2.24) is 0 Å². The van der Waals surface area contributed by atoms with E-state index in [-0.39, 0.29) is 5.60 Å². The number of benzene rings is 1. The number of rotatable bonds is 6. The van der Waals surface area contributed by atoms with E-state index < -0.39 is 0 Å². The molecular formula is C16H22O2. The van der Waals surface area contributed by atoms with Gasteiger partial charge >= 0.3 is 0 Å². The summed E-state index contributed by atoms with van der Waals surface area (Å²) in [4.78, 5) is 0. The normalized spacial score (nSPS) is 22.3. The second kappa shape index (κ2) is 5.57. The first kappa shape index (κ1) is 13.2. The summed E-state index contributed by atoms with van der Waals surface area (Å²) in [6.45, 7) is 8.70. The number of unbranched alkanes of at least 4 members (excludes halogenated alkanes) is 1. The second-order valence-electron chi connectivity index (χ2n) is 5.02. The van der Waals surface area contributed by atoms with Gasteiger partial charge in [0.05, 0.1) is 18.0 Å². The summed E-state index contributed by atoms with van der Waals surface area (Å²) in [5.41, 5.74) is 1.24. The quantitative estimate of drug-likeness (QED) is 0.692. The van der Waals surface area contributed by atoms with Crippen LogP contribution in [-0.2, 0) is 10.3 Å². The Bertz CT molecular complexity index is 402. The molecule has 1 aliphatic heterocycles. The fraction of sp³-hybridized carbons (Fsp3) is 0.500. The van der Waals surface area contributed by atoms with Crippen LogP contribution < -0.4 is 4.74 Å². The van der Waals surface area contributed by atoms with Crippen molar-refractivity contribution >= 4 is 0 Å². The summed E-state index contributed by atoms with van der Waals surface area (Å²) in [6.07, 6.45) is 4.67. The van der Waals surface area contributed by atoms with Crippen LogP contribution in [-0.4, -0.2) is 6.61 Å². The highest BCUT2D eigenvalue weighted by Gasteiger charge is 2.39. The molecule has 0 amide bonds. The highest BCUT2D eigenvalue weighted by atomic mass is 16.5. The molecule has 0 saturated carbocycles. The van der Waals surface area contributed by atoms with E-state index in [1.807, 2.05) is 19.1 Å². The largest absolute Gasteiger partial charge is 0.463 e. The van der Waals surface area contributed by atoms with E-state index >= 15 is 0 Å². The van der Waals surface area contributed by atoms with Gasteiger partial charge in [0.15, 0.2) is 0 Å². The average Bonchev–Trinajstić information content (AvgIpc) is 2.29. The zero-order valence-electron chi connectivity index (χ0n) is 11.4. The Morgan fingerprint density at radius 2 is 2.06 bits per heavy atom. The molecule has 1 aliphatic rings. The number of ether oxygens (including phenoxy) is 2. The maximum absolute atomic E-state index is 5.87. The van der Waals surface area contributed by atoms with Gasteiger partial charge in [0.1, 0.15) is 5.75 Å². The predicted octanol–water partition coefficient (Wildman–Crippen LogP) is 4.40. The van der Waals surface area contributed by atoms with Crippen LogP contribution >= 0.6 is 0 Å². The minimum absolute atomic E-state index is 0.0300. The van der Waals surface area contributed by atoms with Crippen LogP contribution in [0.2, 0.25) is 0 Å². The van der Waals surface area contributed by atoms with Crippen LogP contribution in [0.15, 0.2) is 36.6 Å². The molecule has 0 N–H and O–H groups in total. The van der Waals surface area contributed by atoms with E-state index in [9.17, 15) is 0 Å². The van der Waals surface area contributed by atoms with Gasteiger partial charge in [-0.1, -0.05) is 38.5 Å². The highest BCUT2D eigenvalue weighted by Crippen LogP contribution is 2.42. The van der Waals surface area contributed by atoms with Gasteiger partial charge in [-0.05, 0) is 31.0 Å². The van der Waals surface area contributed by atoms with Crippen molar-refractivity contribution in [3.63, 3.8) is 0 Å². The molecule has 0 aliphatic carbocycles. The summed E-state index contributed by atoms with van der Waals surface area (Å²) in [5.74, 6) is 1.56. The van der Waals surface area contributed by atoms with E-state index in [1.54, 1.807) is 0 Å². The van der Waals surface area contributed by atoms with Crippen molar-refractivity contribution < 1.29 is 9.47 Å². The van der Waals surface area contributed by atoms with Crippen LogP contribution in [0, 0.1) is 0 Å². The molecule has 1 fully saturated rings. The Balaban J connectivity index is 2.09. The molecule has 98 valence electrons. The number of allylic oxidation sites excluding steroid dienone is 1. The predicted molar refractivity (Wildman–Crippen MR) is 73.7 cm³/mol. The first-order valence-electron chi connectivity index (χ1n) is 6.74. The molecule has 2 nitrogen and oxygen atoms in total. The van der Waals surface area contributed by atoms with Gasteiger partial charge in [-0.3, -0.25) is 0 Å². The van der Waals surface area contributed by atoms with Gasteiger partial charge in [0, 0.05) is 6.42 Å². The molecule has 1 aromatic rings. The van der Waals surface area contributed by atoms with Gasteiger partial charge in [-0.15, -0.1) is 0 Å². The van der Waals surface area contributed by atoms with E-state index in [0.29, 0.717) is 5.76 Å². The van der Waals surface area contributed by atoms with Crippen molar-refractivity contribution in [2.45, 2.75) is 45.1 Å². The van der Waals surface area contributed by atoms with Gasteiger partial charge in [0.25, 0.3) is 0 Å². The van der Waals surface area contributed by atoms with E-state index in [2.05, 4.69) is 25.6 Å². The van der Waals surface area contributed by atoms with Crippen molar-refractivity contribution in [3.05, 3.63) is 42.2 Å². The SMILES string of the molecule is C=C(C)Oc1ccc(C2(CCCC)CCO2)cc1. The van der Waals surface area contributed by atoms with Gasteiger partial charge in [-0.2, -0.15) is 0 Å². The molecule has 0 aromatic heterocycles. The average molecular weight is 246 g/mol. The Labute approximate surface area is 110 Å². The maximum Gasteiger partial charge on any atom is 0.126 e. The highest BCUT2D eigenvalue weighted by molar-refractivity contribution is 5.32. The second-order valence-corrected chi connectivity index (χ2v) is 5.02. The van der Waals surface area contributed by atoms with E-state index in [1.165, 1.54) is 18.4 Å². The molecule has 1 saturated heterocycles. The third-order valence-corrected chi connectivity index (χ3v) is 3.49. The summed E-state index contributed by atoms with van der Waals surface area (Å²) in [7, 11) is 0. The van der Waals surface area contributed by atoms with Gasteiger partial charge < -0.3 is 9.47 Å². The minimum Gasteiger partial charge on any atom is -0.463 e. The molecule has 2 rings (SSSR count). The lowest BCUT2D eigenvalue weighted by Gasteiger charge is -2.42. The van der Waals surface area contributed by atoms with Crippen LogP contribution in [0.5, 0.6) is 5.75 Å². The standard InChI is InChI=1S/C16H22O2/c1-4-5-10-16(11-12-17-16)14-6-8-15(9-7-14)18-13(2)3/h6-9H,2,4-5,10-12H2,1,3H3. The van der Waals surface area contributed by atoms with Crippen molar-refractivity contribution in [2.24, 2.45) is 0 Å². The van der Waals surface area contributed by atoms with Crippen molar-refractivity contribution in [1.29, 1.82) is 0 Å². The van der Waals surface area contributed by atoms with E-state index in [4.69, 9.17) is 9.47 Å². The Morgan fingerprint density at radius 3 is 2.50 bits per heavy atom. The van der Waals surface area contributed by atoms with Gasteiger partial charge in [-0.25, -0.2) is 0 Å². The fourth-order valence-corrected chi connectivity index (χ4v) is 2.41. The summed E-state index contributed by atoms with van der Waals surface area (Å²) >= 11 is 0. The van der Waals surface area contributed by atoms with Crippen molar-refractivity contribution in [2.75, 3.05) is 6.61 Å². The molecule has 1 atom stereocenters. The molecule has 1 heterocycles. The first-order chi connectivity index (χ1) is 8.66. The Hall–Kier alpha value is -1.28. The molecular weight excluding hydrogens is 224 g/mol. The molecule has 0 spiro atoms. The smallest absolute Gasteiger partial charge is 0.126 e. The maximum atomic E-state index is 5.87. The molecule has 18 heavy (non-hydrogen) atoms. The topological polar surface area (TPSA) is 18.5 Å². The van der Waals surface area contributed by atoms with Crippen LogP contribution in [0.3, 0.4) is 0 Å². The zero-order chi connectivity index (χ0) is 13.0. The number of hydrogen-bond acceptors (Lipinski definition) is 2. The molecule has 1 unspecified atom stereocenters. The summed E-state index contributed by atoms with van der Waals surface area (Å²) < 4.78 is 11.3. The molecule has 2 heteroatoms. The summed E-state index contributed by atoms with van der Waals surface area (Å²) in [5, 5.41) is 0. The van der Waals surface area contributed by atoms with Gasteiger partial charge in [0.2, 0.25) is 0 Å². The Morgan fingerprint density at radius 1 is 1.39 bits per heavy atom. The fourth-order valence-electron chi connectivity index (χ4n) is 2.41. The molecule has 1 aromatic carbocycles. The lowest BCUT2D eigenvalue weighted by molar-refractivity contribution is -0.159. The van der Waals surface area contributed by atoms with Crippen LogP contribution in [0.1, 0.15) is 45.1 Å². The third-order valence-electron chi connectivity index (χ3n) is 3.49. The van der Waals surface area contributed by atoms with Crippen LogP contribution in [0.4, 0.5) is 0 Å². The molecule has 0 radical (unpaired) electrons. The third kappa shape index (κ3) is 2.75. The monoisotopic (exact) mass is 246 g/mol. The molecule has 0 bridgehead atoms.